The summed E-state index contributed by atoms with van der Waals surface area (Å²) >= 11 is 0. The van der Waals surface area contributed by atoms with Gasteiger partial charge >= 0.3 is 0 Å². The van der Waals surface area contributed by atoms with Crippen LogP contribution in [0.25, 0.3) is 149 Å². The Morgan fingerprint density at radius 1 is 0.259 bits per heavy atom. The number of benzene rings is 12. The summed E-state index contributed by atoms with van der Waals surface area (Å²) in [5, 5.41) is 8.20. The highest BCUT2D eigenvalue weighted by molar-refractivity contribution is 6.15. The van der Waals surface area contributed by atoms with Crippen LogP contribution >= 0.6 is 0 Å². The number of aromatic nitrogens is 5. The molecule has 0 aliphatic heterocycles. The molecule has 0 saturated heterocycles. The topological polar surface area (TPSA) is 40.6 Å². The maximum Gasteiger partial charge on any atom is 0.235 e. The molecule has 16 aromatic rings. The minimum Gasteiger partial charge on any atom is -0.309 e. The van der Waals surface area contributed by atoms with Crippen LogP contribution in [0, 0.1) is 0 Å². The third kappa shape index (κ3) is 6.81. The van der Waals surface area contributed by atoms with Gasteiger partial charge in [-0.1, -0.05) is 198 Å². The van der Waals surface area contributed by atoms with E-state index >= 15 is 0 Å². The zero-order valence-electron chi connectivity index (χ0n) is 47.6. The Morgan fingerprint density at radius 2 is 0.635 bits per heavy atom. The van der Waals surface area contributed by atoms with E-state index in [2.05, 4.69) is 302 Å². The van der Waals surface area contributed by atoms with Gasteiger partial charge in [-0.15, -0.1) is 0 Å². The molecule has 85 heavy (non-hydrogen) atoms. The summed E-state index contributed by atoms with van der Waals surface area (Å²) in [6.45, 7) is 9.45. The average molecular weight is 1090 g/mol. The highest BCUT2D eigenvalue weighted by Crippen LogP contribution is 2.52. The molecule has 0 amide bonds. The molecule has 0 N–H and O–H groups in total. The van der Waals surface area contributed by atoms with Gasteiger partial charge in [-0.05, 0) is 158 Å². The van der Waals surface area contributed by atoms with Crippen molar-refractivity contribution in [3.63, 3.8) is 0 Å². The molecule has 2 aliphatic carbocycles. The molecule has 0 unspecified atom stereocenters. The molecular weight excluding hydrogens is 1030 g/mol. The number of para-hydroxylation sites is 3. The Hall–Kier alpha value is -10.6. The summed E-state index contributed by atoms with van der Waals surface area (Å²) in [6.07, 6.45) is 0. The van der Waals surface area contributed by atoms with Crippen molar-refractivity contribution in [2.75, 3.05) is 0 Å². The molecule has 2 aliphatic rings. The summed E-state index contributed by atoms with van der Waals surface area (Å²) in [5.74, 6) is 0.638. The van der Waals surface area contributed by atoms with Crippen LogP contribution in [0.1, 0.15) is 49.9 Å². The molecule has 12 aromatic carbocycles. The largest absolute Gasteiger partial charge is 0.309 e. The molecule has 0 saturated carbocycles. The normalized spacial score (nSPS) is 13.8. The molecule has 4 aromatic heterocycles. The van der Waals surface area contributed by atoms with E-state index in [1.165, 1.54) is 99.5 Å². The Morgan fingerprint density at radius 3 is 1.13 bits per heavy atom. The zero-order chi connectivity index (χ0) is 56.4. The molecule has 400 valence electrons. The van der Waals surface area contributed by atoms with Crippen molar-refractivity contribution in [2.45, 2.75) is 38.5 Å². The van der Waals surface area contributed by atoms with Crippen molar-refractivity contribution in [1.82, 2.24) is 23.7 Å². The van der Waals surface area contributed by atoms with Crippen LogP contribution in [-0.4, -0.2) is 23.7 Å². The van der Waals surface area contributed by atoms with E-state index in [0.717, 1.165) is 66.2 Å². The maximum atomic E-state index is 5.48. The summed E-state index contributed by atoms with van der Waals surface area (Å²) in [5.41, 5.74) is 27.3. The van der Waals surface area contributed by atoms with E-state index in [0.29, 0.717) is 5.95 Å². The van der Waals surface area contributed by atoms with Gasteiger partial charge in [0.05, 0.1) is 44.3 Å². The molecule has 0 radical (unpaired) electrons. The Bertz CT molecular complexity index is 5270. The molecular formula is C80H55N5. The highest BCUT2D eigenvalue weighted by Gasteiger charge is 2.37. The third-order valence-corrected chi connectivity index (χ3v) is 19.3. The van der Waals surface area contributed by atoms with Gasteiger partial charge in [-0.2, -0.15) is 0 Å². The predicted octanol–water partition coefficient (Wildman–Crippen LogP) is 20.5. The van der Waals surface area contributed by atoms with Gasteiger partial charge in [0, 0.05) is 65.5 Å². The molecule has 0 bridgehead atoms. The fraction of sp³-hybridized carbons (Fsp3) is 0.0750. The monoisotopic (exact) mass is 1090 g/mol. The maximum absolute atomic E-state index is 5.48. The molecule has 0 atom stereocenters. The van der Waals surface area contributed by atoms with Crippen molar-refractivity contribution in [3.05, 3.63) is 283 Å². The first-order chi connectivity index (χ1) is 41.7. The van der Waals surface area contributed by atoms with E-state index in [9.17, 15) is 0 Å². The van der Waals surface area contributed by atoms with Gasteiger partial charge in [0.1, 0.15) is 0 Å². The number of hydrogen-bond acceptors (Lipinski definition) is 2. The second-order valence-corrected chi connectivity index (χ2v) is 24.5. The van der Waals surface area contributed by atoms with Crippen LogP contribution in [0.2, 0.25) is 0 Å². The first kappa shape index (κ1) is 48.0. The zero-order valence-corrected chi connectivity index (χ0v) is 47.6. The number of rotatable bonds is 6. The number of fused-ring (bicyclic) bond motifs is 16. The Balaban J connectivity index is 0.810. The van der Waals surface area contributed by atoms with Gasteiger partial charge in [0.25, 0.3) is 0 Å². The van der Waals surface area contributed by atoms with Gasteiger partial charge in [0.2, 0.25) is 5.95 Å². The third-order valence-electron chi connectivity index (χ3n) is 19.3. The summed E-state index contributed by atoms with van der Waals surface area (Å²) in [7, 11) is 0. The second kappa shape index (κ2) is 17.5. The van der Waals surface area contributed by atoms with Gasteiger partial charge in [-0.3, -0.25) is 4.57 Å². The van der Waals surface area contributed by atoms with Crippen LogP contribution in [0.4, 0.5) is 0 Å². The Labute approximate surface area is 492 Å². The van der Waals surface area contributed by atoms with Crippen LogP contribution in [-0.2, 0) is 10.8 Å². The van der Waals surface area contributed by atoms with Crippen molar-refractivity contribution in [1.29, 1.82) is 0 Å². The number of hydrogen-bond donors (Lipinski definition) is 0. The molecule has 5 nitrogen and oxygen atoms in total. The lowest BCUT2D eigenvalue weighted by atomic mass is 9.82. The second-order valence-electron chi connectivity index (χ2n) is 24.5. The smallest absolute Gasteiger partial charge is 0.235 e. The fourth-order valence-corrected chi connectivity index (χ4v) is 15.1. The lowest BCUT2D eigenvalue weighted by Gasteiger charge is -2.22. The van der Waals surface area contributed by atoms with Crippen molar-refractivity contribution >= 4 is 76.3 Å². The average Bonchev–Trinajstić information content (AvgIpc) is 1.83. The minimum atomic E-state index is -0.105. The molecule has 0 fully saturated rings. The van der Waals surface area contributed by atoms with Crippen LogP contribution in [0.3, 0.4) is 0 Å². The van der Waals surface area contributed by atoms with Crippen LogP contribution < -0.4 is 0 Å². The molecule has 18 rings (SSSR count). The van der Waals surface area contributed by atoms with E-state index in [4.69, 9.17) is 9.97 Å². The van der Waals surface area contributed by atoms with Crippen molar-refractivity contribution in [3.8, 4) is 73.1 Å². The number of nitrogens with zero attached hydrogens (tertiary/aromatic N) is 5. The quantitative estimate of drug-likeness (QED) is 0.166. The van der Waals surface area contributed by atoms with Gasteiger partial charge in [-0.25, -0.2) is 9.97 Å². The first-order valence-electron chi connectivity index (χ1n) is 29.6. The highest BCUT2D eigenvalue weighted by atomic mass is 15.2. The van der Waals surface area contributed by atoms with Gasteiger partial charge < -0.3 is 9.13 Å². The van der Waals surface area contributed by atoms with Crippen molar-refractivity contribution in [2.24, 2.45) is 0 Å². The molecule has 0 spiro atoms. The molecule has 5 heteroatoms. The molecule has 4 heterocycles. The summed E-state index contributed by atoms with van der Waals surface area (Å²) in [4.78, 5) is 10.8. The minimum absolute atomic E-state index is 0.105. The van der Waals surface area contributed by atoms with E-state index in [-0.39, 0.29) is 10.8 Å². The summed E-state index contributed by atoms with van der Waals surface area (Å²) in [6, 6.07) is 96.6. The van der Waals surface area contributed by atoms with Crippen LogP contribution in [0.5, 0.6) is 0 Å². The SMILES string of the molecule is CC1(C)c2ccccc2-c2ccc(-n3c4ccccc4c4cc(-c5ccc6c(c5)c5cc(-c7ccc8c(c7)c7ccccc7n8-c7ccc8c(c7)C(C)(C)c7ccccc7-8)ccc5n6-c5nc(-c6ccccc6)c6ccccc6n5)ccc43)cc21. The van der Waals surface area contributed by atoms with E-state index in [1.807, 2.05) is 0 Å². The Kier molecular flexibility index (Phi) is 9.85. The fourth-order valence-electron chi connectivity index (χ4n) is 15.1. The first-order valence-corrected chi connectivity index (χ1v) is 29.6. The summed E-state index contributed by atoms with van der Waals surface area (Å²) < 4.78 is 7.19. The van der Waals surface area contributed by atoms with Crippen LogP contribution in [0.15, 0.2) is 261 Å². The van der Waals surface area contributed by atoms with Crippen molar-refractivity contribution < 1.29 is 0 Å². The lowest BCUT2D eigenvalue weighted by molar-refractivity contribution is 0.660. The lowest BCUT2D eigenvalue weighted by Crippen LogP contribution is -2.15. The van der Waals surface area contributed by atoms with E-state index in [1.54, 1.807) is 0 Å². The predicted molar refractivity (Wildman–Crippen MR) is 354 cm³/mol. The van der Waals surface area contributed by atoms with E-state index < -0.39 is 0 Å². The van der Waals surface area contributed by atoms with Gasteiger partial charge in [0.15, 0.2) is 0 Å². The standard InChI is InChI=1S/C80H55N5/c1-79(2)66-25-13-8-20-55(66)57-36-34-53(46-68(57)79)83-71-28-16-11-22-59(71)62-42-49(30-38-73(62)83)51-32-40-75-64(44-51)65-45-52(33-41-76(65)85(75)78-81-70-27-15-10-24-61(70)77(82-78)48-18-6-5-7-19-48)50-31-39-74-63(43-50)60-23-12-17-29-72(60)84(74)54-35-37-58-56-21-9-14-26-67(56)80(3,4)69(58)47-54/h5-47H,1-4H3.